The average molecular weight is 785 g/mol. The Balaban J connectivity index is 4.69. The van der Waals surface area contributed by atoms with Gasteiger partial charge in [-0.15, -0.1) is 0 Å². The minimum absolute atomic E-state index is 0.00442. The molecule has 0 fully saturated rings. The van der Waals surface area contributed by atoms with Gasteiger partial charge in [-0.1, -0.05) is 105 Å². The number of carboxylic acid groups (broad SMARTS) is 1. The van der Waals surface area contributed by atoms with Gasteiger partial charge in [-0.25, -0.2) is 0 Å². The third-order valence-electron chi connectivity index (χ3n) is 9.55. The Morgan fingerprint density at radius 1 is 0.382 bits per heavy atom. The lowest BCUT2D eigenvalue weighted by molar-refractivity contribution is -0.167. The standard InChI is InChI=1S/C43H76O12/c1-5-9-13-15-23-35(21-11-7-3)31-51-39(46)25-17-18-27-41(48)53-33-37(34-54-42(49)30-29-38(44)45)55-43(50)28-20-19-26-40(47)52-32-36(22-12-8-4)24-16-14-10-6-2/h35-37H,5-34H2,1-4H3,(H,44,45)/t35?,36?,37-/m1/s1. The number of carbonyl (C=O) groups is 6. The van der Waals surface area contributed by atoms with E-state index in [2.05, 4.69) is 27.7 Å². The lowest BCUT2D eigenvalue weighted by atomic mass is 9.96. The zero-order chi connectivity index (χ0) is 40.9. The number of carbonyl (C=O) groups excluding carboxylic acids is 5. The van der Waals surface area contributed by atoms with Crippen LogP contribution >= 0.6 is 0 Å². The molecule has 3 atom stereocenters. The minimum atomic E-state index is -1.15. The maximum absolute atomic E-state index is 12.6. The highest BCUT2D eigenvalue weighted by atomic mass is 16.6. The fourth-order valence-electron chi connectivity index (χ4n) is 6.06. The highest BCUT2D eigenvalue weighted by Crippen LogP contribution is 2.20. The summed E-state index contributed by atoms with van der Waals surface area (Å²) in [6.07, 6.45) is 18.3. The van der Waals surface area contributed by atoms with E-state index in [9.17, 15) is 28.8 Å². The number of hydrogen-bond acceptors (Lipinski definition) is 11. The van der Waals surface area contributed by atoms with Crippen LogP contribution < -0.4 is 0 Å². The summed E-state index contributed by atoms with van der Waals surface area (Å²) in [5, 5.41) is 8.82. The third kappa shape index (κ3) is 33.8. The molecule has 0 aliphatic carbocycles. The van der Waals surface area contributed by atoms with Gasteiger partial charge in [0, 0.05) is 25.7 Å². The van der Waals surface area contributed by atoms with Crippen molar-refractivity contribution < 1.29 is 57.6 Å². The first kappa shape index (κ1) is 51.8. The molecule has 0 saturated carbocycles. The minimum Gasteiger partial charge on any atom is -0.481 e. The maximum Gasteiger partial charge on any atom is 0.306 e. The van der Waals surface area contributed by atoms with E-state index in [1.165, 1.54) is 38.5 Å². The van der Waals surface area contributed by atoms with Crippen molar-refractivity contribution in [2.24, 2.45) is 11.8 Å². The molecular formula is C43H76O12. The molecule has 0 bridgehead atoms. The number of aliphatic carboxylic acids is 1. The van der Waals surface area contributed by atoms with Gasteiger partial charge < -0.3 is 28.8 Å². The van der Waals surface area contributed by atoms with E-state index in [1.54, 1.807) is 0 Å². The molecule has 0 saturated heterocycles. The van der Waals surface area contributed by atoms with E-state index in [1.807, 2.05) is 0 Å². The van der Waals surface area contributed by atoms with Gasteiger partial charge in [0.15, 0.2) is 6.10 Å². The summed E-state index contributed by atoms with van der Waals surface area (Å²) in [5.41, 5.74) is 0. The van der Waals surface area contributed by atoms with Crippen LogP contribution in [-0.4, -0.2) is 73.5 Å². The van der Waals surface area contributed by atoms with E-state index < -0.39 is 43.0 Å². The van der Waals surface area contributed by atoms with Gasteiger partial charge >= 0.3 is 35.8 Å². The van der Waals surface area contributed by atoms with Crippen molar-refractivity contribution in [3.63, 3.8) is 0 Å². The van der Waals surface area contributed by atoms with Crippen molar-refractivity contribution in [1.29, 1.82) is 0 Å². The molecule has 0 aliphatic rings. The van der Waals surface area contributed by atoms with Gasteiger partial charge in [0.05, 0.1) is 26.1 Å². The van der Waals surface area contributed by atoms with Crippen molar-refractivity contribution in [1.82, 2.24) is 0 Å². The third-order valence-corrected chi connectivity index (χ3v) is 9.55. The first-order chi connectivity index (χ1) is 26.5. The largest absolute Gasteiger partial charge is 0.481 e. The molecule has 320 valence electrons. The first-order valence-electron chi connectivity index (χ1n) is 21.6. The number of unbranched alkanes of at least 4 members (excludes halogenated alkanes) is 10. The molecule has 0 radical (unpaired) electrons. The average Bonchev–Trinajstić information content (AvgIpc) is 3.16. The summed E-state index contributed by atoms with van der Waals surface area (Å²) in [4.78, 5) is 72.6. The monoisotopic (exact) mass is 785 g/mol. The number of hydrogen-bond donors (Lipinski definition) is 1. The maximum atomic E-state index is 12.6. The first-order valence-corrected chi connectivity index (χ1v) is 21.6. The van der Waals surface area contributed by atoms with E-state index in [4.69, 9.17) is 28.8 Å². The molecule has 0 rings (SSSR count). The summed E-state index contributed by atoms with van der Waals surface area (Å²) >= 11 is 0. The summed E-state index contributed by atoms with van der Waals surface area (Å²) in [5.74, 6) is -2.93. The van der Waals surface area contributed by atoms with Crippen LogP contribution in [0.1, 0.15) is 195 Å². The van der Waals surface area contributed by atoms with Gasteiger partial charge in [0.25, 0.3) is 0 Å². The molecular weight excluding hydrogens is 708 g/mol. The van der Waals surface area contributed by atoms with Crippen molar-refractivity contribution >= 4 is 35.8 Å². The van der Waals surface area contributed by atoms with Gasteiger partial charge in [-0.05, 0) is 63.2 Å². The van der Waals surface area contributed by atoms with Crippen LogP contribution in [-0.2, 0) is 52.5 Å². The highest BCUT2D eigenvalue weighted by Gasteiger charge is 2.21. The molecule has 2 unspecified atom stereocenters. The SMILES string of the molecule is CCCCCCC(CCCC)COC(=O)CCCCC(=O)OC[C@H](COC(=O)CCC(=O)O)OC(=O)CCCCC(=O)OCC(CCCC)CCCCCC. The van der Waals surface area contributed by atoms with Gasteiger partial charge in [0.1, 0.15) is 13.2 Å². The summed E-state index contributed by atoms with van der Waals surface area (Å²) in [7, 11) is 0. The number of rotatable bonds is 38. The topological polar surface area (TPSA) is 169 Å². The number of ether oxygens (including phenoxy) is 5. The van der Waals surface area contributed by atoms with Crippen LogP contribution in [0.3, 0.4) is 0 Å². The Hall–Kier alpha value is -3.18. The molecule has 12 nitrogen and oxygen atoms in total. The van der Waals surface area contributed by atoms with E-state index in [0.717, 1.165) is 64.2 Å². The normalized spacial score (nSPS) is 12.7. The quantitative estimate of drug-likeness (QED) is 0.0358. The van der Waals surface area contributed by atoms with Crippen LogP contribution in [0, 0.1) is 11.8 Å². The van der Waals surface area contributed by atoms with E-state index >= 15 is 0 Å². The van der Waals surface area contributed by atoms with Gasteiger partial charge in [-0.3, -0.25) is 28.8 Å². The van der Waals surface area contributed by atoms with Crippen LogP contribution in [0.15, 0.2) is 0 Å². The van der Waals surface area contributed by atoms with Crippen LogP contribution in [0.2, 0.25) is 0 Å². The van der Waals surface area contributed by atoms with Crippen LogP contribution in [0.25, 0.3) is 0 Å². The van der Waals surface area contributed by atoms with E-state index in [0.29, 0.717) is 50.7 Å². The zero-order valence-electron chi connectivity index (χ0n) is 34.9. The van der Waals surface area contributed by atoms with Gasteiger partial charge in [-0.2, -0.15) is 0 Å². The second-order valence-electron chi connectivity index (χ2n) is 14.9. The molecule has 0 spiro atoms. The lowest BCUT2D eigenvalue weighted by Crippen LogP contribution is -2.31. The highest BCUT2D eigenvalue weighted by molar-refractivity contribution is 5.76. The second kappa shape index (κ2) is 36.5. The number of carboxylic acids is 1. The van der Waals surface area contributed by atoms with Crippen LogP contribution in [0.5, 0.6) is 0 Å². The molecule has 0 heterocycles. The van der Waals surface area contributed by atoms with Crippen molar-refractivity contribution in [2.45, 2.75) is 201 Å². The predicted octanol–water partition coefficient (Wildman–Crippen LogP) is 9.61. The van der Waals surface area contributed by atoms with Crippen molar-refractivity contribution in [2.75, 3.05) is 26.4 Å². The van der Waals surface area contributed by atoms with Crippen molar-refractivity contribution in [3.8, 4) is 0 Å². The molecule has 55 heavy (non-hydrogen) atoms. The van der Waals surface area contributed by atoms with Crippen molar-refractivity contribution in [3.05, 3.63) is 0 Å². The lowest BCUT2D eigenvalue weighted by Gasteiger charge is -2.18. The molecule has 0 aromatic rings. The predicted molar refractivity (Wildman–Crippen MR) is 211 cm³/mol. The molecule has 1 N–H and O–H groups in total. The summed E-state index contributed by atoms with van der Waals surface area (Å²) < 4.78 is 26.9. The Bertz CT molecular complexity index is 1030. The molecule has 0 aromatic carbocycles. The second-order valence-corrected chi connectivity index (χ2v) is 14.9. The zero-order valence-corrected chi connectivity index (χ0v) is 34.9. The Kier molecular flexibility index (Phi) is 34.4. The summed E-state index contributed by atoms with van der Waals surface area (Å²) in [6, 6.07) is 0. The fourth-order valence-corrected chi connectivity index (χ4v) is 6.06. The smallest absolute Gasteiger partial charge is 0.306 e. The molecule has 0 aromatic heterocycles. The molecule has 0 amide bonds. The molecule has 0 aliphatic heterocycles. The fraction of sp³-hybridized carbons (Fsp3) is 0.860. The van der Waals surface area contributed by atoms with Crippen LogP contribution in [0.4, 0.5) is 0 Å². The summed E-state index contributed by atoms with van der Waals surface area (Å²) in [6.45, 7) is 8.75. The number of esters is 5. The van der Waals surface area contributed by atoms with E-state index in [-0.39, 0.29) is 50.6 Å². The van der Waals surface area contributed by atoms with Gasteiger partial charge in [0.2, 0.25) is 0 Å². The Morgan fingerprint density at radius 3 is 1.11 bits per heavy atom. The Labute approximate surface area is 331 Å². The Morgan fingerprint density at radius 2 is 0.727 bits per heavy atom. The molecule has 12 heteroatoms.